The zero-order valence-electron chi connectivity index (χ0n) is 13.2. The van der Waals surface area contributed by atoms with Crippen molar-refractivity contribution in [3.63, 3.8) is 0 Å². The zero-order chi connectivity index (χ0) is 18.7. The number of aromatic nitrogens is 3. The van der Waals surface area contributed by atoms with Crippen molar-refractivity contribution >= 4 is 29.3 Å². The first-order valence-corrected chi connectivity index (χ1v) is 8.41. The van der Waals surface area contributed by atoms with Gasteiger partial charge in [-0.15, -0.1) is 11.8 Å². The van der Waals surface area contributed by atoms with Gasteiger partial charge in [0.05, 0.1) is 0 Å². The lowest BCUT2D eigenvalue weighted by Gasteiger charge is -2.08. The highest BCUT2D eigenvalue weighted by Crippen LogP contribution is 2.24. The van der Waals surface area contributed by atoms with E-state index in [0.29, 0.717) is 10.6 Å². The van der Waals surface area contributed by atoms with Gasteiger partial charge in [0.15, 0.2) is 11.1 Å². The van der Waals surface area contributed by atoms with E-state index in [4.69, 9.17) is 5.11 Å². The molecule has 1 amide bonds. The summed E-state index contributed by atoms with van der Waals surface area (Å²) in [5, 5.41) is 14.0. The number of amides is 1. The molecular weight excluding hydrogens is 363 g/mol. The lowest BCUT2D eigenvalue weighted by molar-refractivity contribution is -0.135. The van der Waals surface area contributed by atoms with Crippen LogP contribution in [-0.2, 0) is 10.5 Å². The average molecular weight is 376 g/mol. The number of hydrogen-bond donors (Lipinski definition) is 3. The third-order valence-electron chi connectivity index (χ3n) is 3.49. The largest absolute Gasteiger partial charge is 0.480 e. The van der Waals surface area contributed by atoms with E-state index < -0.39 is 23.9 Å². The number of rotatable bonds is 6. The normalized spacial score (nSPS) is 10.8. The predicted octanol–water partition coefficient (Wildman–Crippen LogP) is 1.27. The molecule has 3 aromatic rings. The third kappa shape index (κ3) is 3.59. The highest BCUT2D eigenvalue weighted by atomic mass is 32.2. The predicted molar refractivity (Wildman–Crippen MR) is 91.7 cm³/mol. The molecule has 0 saturated heterocycles. The molecule has 8 nitrogen and oxygen atoms in total. The summed E-state index contributed by atoms with van der Waals surface area (Å²) < 4.78 is 15.2. The molecular formula is C16H13FN4O4S. The van der Waals surface area contributed by atoms with Crippen molar-refractivity contribution < 1.29 is 19.1 Å². The van der Waals surface area contributed by atoms with E-state index in [1.54, 1.807) is 18.2 Å². The number of carbonyl (C=O) groups is 2. The van der Waals surface area contributed by atoms with Crippen molar-refractivity contribution in [3.8, 4) is 0 Å². The summed E-state index contributed by atoms with van der Waals surface area (Å²) in [5.74, 6) is -2.13. The smallest absolute Gasteiger partial charge is 0.322 e. The molecule has 2 aromatic heterocycles. The Balaban J connectivity index is 1.92. The second-order valence-corrected chi connectivity index (χ2v) is 6.22. The number of carbonyl (C=O) groups excluding carboxylic acids is 1. The standard InChI is InChI=1S/C16H13FN4O4S/c17-10-4-2-1-3-9(10)7-26-12-5-11(22)14(15-19-8-20-21(12)15)16(25)18-6-13(23)24/h1-5,8H,6-7H2,(H,18,25)(H,19,20)(H,23,24). The molecule has 0 saturated carbocycles. The van der Waals surface area contributed by atoms with E-state index in [1.807, 2.05) is 0 Å². The summed E-state index contributed by atoms with van der Waals surface area (Å²) in [5.41, 5.74) is -0.323. The second-order valence-electron chi connectivity index (χ2n) is 5.22. The van der Waals surface area contributed by atoms with Gasteiger partial charge in [0, 0.05) is 11.8 Å². The van der Waals surface area contributed by atoms with Crippen LogP contribution in [0.4, 0.5) is 4.39 Å². The molecule has 0 radical (unpaired) electrons. The molecule has 0 spiro atoms. The van der Waals surface area contributed by atoms with Crippen molar-refractivity contribution in [2.45, 2.75) is 10.8 Å². The molecule has 134 valence electrons. The fraction of sp³-hybridized carbons (Fsp3) is 0.125. The monoisotopic (exact) mass is 376 g/mol. The fourth-order valence-electron chi connectivity index (χ4n) is 2.30. The lowest BCUT2D eigenvalue weighted by Crippen LogP contribution is -2.33. The van der Waals surface area contributed by atoms with Gasteiger partial charge in [-0.2, -0.15) is 0 Å². The van der Waals surface area contributed by atoms with Crippen molar-refractivity contribution in [1.29, 1.82) is 0 Å². The third-order valence-corrected chi connectivity index (χ3v) is 4.54. The summed E-state index contributed by atoms with van der Waals surface area (Å²) >= 11 is 1.20. The topological polar surface area (TPSA) is 117 Å². The molecule has 0 fully saturated rings. The van der Waals surface area contributed by atoms with Crippen LogP contribution in [0.5, 0.6) is 0 Å². The Bertz CT molecular complexity index is 1050. The van der Waals surface area contributed by atoms with Gasteiger partial charge in [-0.1, -0.05) is 18.2 Å². The Labute approximate surface area is 150 Å². The van der Waals surface area contributed by atoms with Crippen molar-refractivity contribution in [1.82, 2.24) is 19.9 Å². The molecule has 0 aliphatic rings. The Morgan fingerprint density at radius 3 is 2.85 bits per heavy atom. The van der Waals surface area contributed by atoms with Crippen LogP contribution < -0.4 is 10.7 Å². The maximum atomic E-state index is 13.7. The Hall–Kier alpha value is -3.14. The summed E-state index contributed by atoms with van der Waals surface area (Å²) in [6.45, 7) is -0.612. The van der Waals surface area contributed by atoms with E-state index in [1.165, 1.54) is 34.7 Å². The summed E-state index contributed by atoms with van der Waals surface area (Å²) in [6, 6.07) is 7.53. The summed E-state index contributed by atoms with van der Waals surface area (Å²) in [4.78, 5) is 39.0. The molecule has 0 bridgehead atoms. The number of aliphatic carboxylic acids is 1. The van der Waals surface area contributed by atoms with E-state index in [-0.39, 0.29) is 22.8 Å². The number of fused-ring (bicyclic) bond motifs is 1. The van der Waals surface area contributed by atoms with Crippen molar-refractivity contribution in [2.75, 3.05) is 6.54 Å². The molecule has 3 N–H and O–H groups in total. The molecule has 0 aliphatic heterocycles. The maximum absolute atomic E-state index is 13.7. The zero-order valence-corrected chi connectivity index (χ0v) is 14.0. The van der Waals surface area contributed by atoms with Crippen molar-refractivity contribution in [3.05, 3.63) is 63.8 Å². The van der Waals surface area contributed by atoms with Crippen LogP contribution in [-0.4, -0.2) is 38.1 Å². The minimum absolute atomic E-state index is 0.0661. The first-order valence-electron chi connectivity index (χ1n) is 7.42. The molecule has 0 unspecified atom stereocenters. The molecule has 0 aliphatic carbocycles. The van der Waals surface area contributed by atoms with Gasteiger partial charge < -0.3 is 10.4 Å². The number of nitrogens with zero attached hydrogens (tertiary/aromatic N) is 2. The number of halogens is 1. The lowest BCUT2D eigenvalue weighted by atomic mass is 10.2. The van der Waals surface area contributed by atoms with E-state index in [0.717, 1.165) is 0 Å². The fourth-order valence-corrected chi connectivity index (χ4v) is 3.30. The van der Waals surface area contributed by atoms with Gasteiger partial charge in [-0.05, 0) is 11.6 Å². The number of hydrogen-bond acceptors (Lipinski definition) is 5. The first-order chi connectivity index (χ1) is 12.5. The first kappa shape index (κ1) is 17.7. The van der Waals surface area contributed by atoms with Gasteiger partial charge in [-0.25, -0.2) is 13.9 Å². The quantitative estimate of drug-likeness (QED) is 0.558. The number of carboxylic acid groups (broad SMARTS) is 1. The molecule has 0 atom stereocenters. The second kappa shape index (κ2) is 7.40. The summed E-state index contributed by atoms with van der Waals surface area (Å²) in [6.07, 6.45) is 1.30. The number of aromatic amines is 1. The maximum Gasteiger partial charge on any atom is 0.322 e. The minimum atomic E-state index is -1.23. The van der Waals surface area contributed by atoms with E-state index >= 15 is 0 Å². The molecule has 10 heteroatoms. The average Bonchev–Trinajstić information content (AvgIpc) is 3.08. The number of carboxylic acids is 1. The summed E-state index contributed by atoms with van der Waals surface area (Å²) in [7, 11) is 0. The van der Waals surface area contributed by atoms with Crippen LogP contribution >= 0.6 is 11.8 Å². The molecule has 26 heavy (non-hydrogen) atoms. The van der Waals surface area contributed by atoms with Gasteiger partial charge >= 0.3 is 5.97 Å². The number of nitrogens with one attached hydrogen (secondary N) is 2. The van der Waals surface area contributed by atoms with Crippen LogP contribution in [0.2, 0.25) is 0 Å². The highest BCUT2D eigenvalue weighted by Gasteiger charge is 2.19. The molecule has 2 heterocycles. The highest BCUT2D eigenvalue weighted by molar-refractivity contribution is 7.98. The van der Waals surface area contributed by atoms with Gasteiger partial charge in [0.2, 0.25) is 0 Å². The number of pyridine rings is 1. The van der Waals surface area contributed by atoms with E-state index in [9.17, 15) is 18.8 Å². The minimum Gasteiger partial charge on any atom is -0.480 e. The van der Waals surface area contributed by atoms with Crippen LogP contribution in [0, 0.1) is 5.82 Å². The Morgan fingerprint density at radius 1 is 1.35 bits per heavy atom. The SMILES string of the molecule is O=C(O)CNC(=O)c1c(=O)cc(SCc2ccccc2F)n2[nH]cnc12. The van der Waals surface area contributed by atoms with Crippen LogP contribution in [0.25, 0.3) is 5.65 Å². The van der Waals surface area contributed by atoms with Crippen molar-refractivity contribution in [2.24, 2.45) is 0 Å². The molecule has 1 aromatic carbocycles. The number of benzene rings is 1. The van der Waals surface area contributed by atoms with Crippen LogP contribution in [0.3, 0.4) is 0 Å². The number of thioether (sulfide) groups is 1. The Kier molecular flexibility index (Phi) is 5.03. The van der Waals surface area contributed by atoms with Crippen LogP contribution in [0.15, 0.2) is 46.5 Å². The van der Waals surface area contributed by atoms with Gasteiger partial charge in [0.1, 0.15) is 29.3 Å². The van der Waals surface area contributed by atoms with Crippen LogP contribution in [0.1, 0.15) is 15.9 Å². The van der Waals surface area contributed by atoms with Gasteiger partial charge in [-0.3, -0.25) is 19.5 Å². The number of H-pyrrole nitrogens is 1. The van der Waals surface area contributed by atoms with E-state index in [2.05, 4.69) is 15.4 Å². The van der Waals surface area contributed by atoms with Gasteiger partial charge in [0.25, 0.3) is 5.91 Å². The molecule has 3 rings (SSSR count). The Morgan fingerprint density at radius 2 is 2.12 bits per heavy atom.